The van der Waals surface area contributed by atoms with E-state index in [2.05, 4.69) is 107 Å². The first-order valence-electron chi connectivity index (χ1n) is 11.4. The van der Waals surface area contributed by atoms with Crippen LogP contribution in [-0.4, -0.2) is 14.4 Å². The fourth-order valence-corrected chi connectivity index (χ4v) is 5.93. The largest absolute Gasteiger partial charge is 0.410 e. The van der Waals surface area contributed by atoms with E-state index in [0.717, 1.165) is 31.3 Å². The third kappa shape index (κ3) is 6.56. The molecule has 0 aromatic carbocycles. The number of hydrogen-bond acceptors (Lipinski definition) is 2. The van der Waals surface area contributed by atoms with Crippen molar-refractivity contribution in [1.82, 2.24) is 0 Å². The van der Waals surface area contributed by atoms with Gasteiger partial charge in [-0.25, -0.2) is 0 Å². The first kappa shape index (κ1) is 27.7. The van der Waals surface area contributed by atoms with Crippen LogP contribution in [0.3, 0.4) is 0 Å². The van der Waals surface area contributed by atoms with Gasteiger partial charge in [0.25, 0.3) is 0 Å². The SMILES string of the molecule is C=C/C(C)=C/[C@@H](O[Si](C)(C)C(C)(C)C)[C@@H]1CC[C@@H](C)[C@](C)(CC/C(C)=C/I)[C@@H]1C#N. The lowest BCUT2D eigenvalue weighted by Crippen LogP contribution is -2.50. The molecule has 0 aromatic rings. The van der Waals surface area contributed by atoms with Gasteiger partial charge in [-0.15, -0.1) is 0 Å². The van der Waals surface area contributed by atoms with Crippen LogP contribution >= 0.6 is 22.6 Å². The molecule has 170 valence electrons. The van der Waals surface area contributed by atoms with Crippen LogP contribution in [0.1, 0.15) is 74.1 Å². The molecule has 0 saturated heterocycles. The molecular formula is C26H44INOSi. The molecule has 1 rings (SSSR count). The van der Waals surface area contributed by atoms with Crippen molar-refractivity contribution in [2.24, 2.45) is 23.2 Å². The maximum Gasteiger partial charge on any atom is 0.192 e. The Hall–Kier alpha value is -0.383. The zero-order valence-electron chi connectivity index (χ0n) is 20.8. The minimum absolute atomic E-state index is 0.00351. The molecule has 0 unspecified atom stereocenters. The lowest BCUT2D eigenvalue weighted by atomic mass is 9.55. The highest BCUT2D eigenvalue weighted by Crippen LogP contribution is 2.53. The van der Waals surface area contributed by atoms with Gasteiger partial charge in [-0.2, -0.15) is 5.26 Å². The zero-order chi connectivity index (χ0) is 23.3. The van der Waals surface area contributed by atoms with Gasteiger partial charge in [0.05, 0.1) is 18.1 Å². The quantitative estimate of drug-likeness (QED) is 0.175. The van der Waals surface area contributed by atoms with Crippen molar-refractivity contribution in [1.29, 1.82) is 5.26 Å². The zero-order valence-corrected chi connectivity index (χ0v) is 24.0. The number of allylic oxidation sites excluding steroid dienone is 3. The second kappa shape index (κ2) is 11.0. The standard InChI is InChI=1S/C26H44INOSi/c1-11-19(2)16-24(29-30(9,10)25(5,6)7)22-13-12-21(4)26(8,23(22)18-28)15-14-20(3)17-27/h11,16-17,21-24H,1,12-15H2,2-10H3/b19-16+,20-17+/t21-,22-,23-,24-,26+/m1/s1. The summed E-state index contributed by atoms with van der Waals surface area (Å²) in [5, 5.41) is 10.5. The van der Waals surface area contributed by atoms with Gasteiger partial charge in [-0.3, -0.25) is 0 Å². The maximum atomic E-state index is 10.4. The fraction of sp³-hybridized carbons (Fsp3) is 0.731. The first-order valence-corrected chi connectivity index (χ1v) is 15.5. The second-order valence-electron chi connectivity index (χ2n) is 11.2. The van der Waals surface area contributed by atoms with Gasteiger partial charge in [0, 0.05) is 5.92 Å². The average molecular weight is 542 g/mol. The molecule has 0 radical (unpaired) electrons. The Morgan fingerprint density at radius 2 is 1.93 bits per heavy atom. The Balaban J connectivity index is 3.37. The van der Waals surface area contributed by atoms with Gasteiger partial charge in [0.2, 0.25) is 0 Å². The molecule has 0 N–H and O–H groups in total. The molecule has 2 nitrogen and oxygen atoms in total. The third-order valence-electron chi connectivity index (χ3n) is 7.99. The Labute approximate surface area is 201 Å². The van der Waals surface area contributed by atoms with E-state index in [1.807, 2.05) is 6.08 Å². The Kier molecular flexibility index (Phi) is 10.1. The average Bonchev–Trinajstić information content (AvgIpc) is 2.66. The summed E-state index contributed by atoms with van der Waals surface area (Å²) in [6.45, 7) is 24.4. The summed E-state index contributed by atoms with van der Waals surface area (Å²) < 4.78 is 9.15. The smallest absolute Gasteiger partial charge is 0.192 e. The number of hydrogen-bond donors (Lipinski definition) is 0. The van der Waals surface area contributed by atoms with Crippen LogP contribution in [0.5, 0.6) is 0 Å². The van der Waals surface area contributed by atoms with Gasteiger partial charge in [0.1, 0.15) is 0 Å². The third-order valence-corrected chi connectivity index (χ3v) is 13.5. The molecule has 1 aliphatic carbocycles. The number of nitriles is 1. The van der Waals surface area contributed by atoms with Crippen molar-refractivity contribution >= 4 is 30.9 Å². The van der Waals surface area contributed by atoms with Gasteiger partial charge < -0.3 is 4.43 Å². The van der Waals surface area contributed by atoms with E-state index < -0.39 is 8.32 Å². The summed E-state index contributed by atoms with van der Waals surface area (Å²) in [6, 6.07) is 2.77. The summed E-state index contributed by atoms with van der Waals surface area (Å²) in [7, 11) is -1.98. The van der Waals surface area contributed by atoms with Crippen LogP contribution in [0.2, 0.25) is 18.1 Å². The van der Waals surface area contributed by atoms with Crippen LogP contribution in [0.4, 0.5) is 0 Å². The number of rotatable bonds is 8. The van der Waals surface area contributed by atoms with E-state index in [9.17, 15) is 5.26 Å². The molecule has 5 atom stereocenters. The summed E-state index contributed by atoms with van der Waals surface area (Å²) in [6.07, 6.45) is 8.45. The number of nitrogens with zero attached hydrogens (tertiary/aromatic N) is 1. The van der Waals surface area contributed by atoms with E-state index in [0.29, 0.717) is 5.92 Å². The predicted octanol–water partition coefficient (Wildman–Crippen LogP) is 8.82. The van der Waals surface area contributed by atoms with Crippen molar-refractivity contribution in [3.63, 3.8) is 0 Å². The van der Waals surface area contributed by atoms with Crippen molar-refractivity contribution in [3.05, 3.63) is 34.0 Å². The molecule has 0 bridgehead atoms. The summed E-state index contributed by atoms with van der Waals surface area (Å²) in [4.78, 5) is 0. The molecule has 1 saturated carbocycles. The highest BCUT2D eigenvalue weighted by atomic mass is 127. The lowest BCUT2D eigenvalue weighted by molar-refractivity contribution is -0.0108. The van der Waals surface area contributed by atoms with E-state index in [1.54, 1.807) is 0 Å². The van der Waals surface area contributed by atoms with Gasteiger partial charge in [-0.05, 0) is 73.1 Å². The summed E-state index contributed by atoms with van der Waals surface area (Å²) in [5.41, 5.74) is 2.54. The lowest BCUT2D eigenvalue weighted by Gasteiger charge is -2.51. The topological polar surface area (TPSA) is 33.0 Å². The highest BCUT2D eigenvalue weighted by Gasteiger charge is 2.50. The van der Waals surface area contributed by atoms with Crippen LogP contribution in [0.25, 0.3) is 0 Å². The minimum atomic E-state index is -1.98. The van der Waals surface area contributed by atoms with E-state index in [4.69, 9.17) is 4.43 Å². The van der Waals surface area contributed by atoms with Crippen LogP contribution in [-0.2, 0) is 4.43 Å². The van der Waals surface area contributed by atoms with Crippen molar-refractivity contribution < 1.29 is 4.43 Å². The van der Waals surface area contributed by atoms with E-state index in [1.165, 1.54) is 5.57 Å². The Morgan fingerprint density at radius 3 is 2.40 bits per heavy atom. The van der Waals surface area contributed by atoms with Gasteiger partial charge >= 0.3 is 0 Å². The summed E-state index contributed by atoms with van der Waals surface area (Å²) >= 11 is 2.33. The molecule has 0 amide bonds. The molecule has 30 heavy (non-hydrogen) atoms. The molecule has 0 heterocycles. The molecule has 0 aliphatic heterocycles. The molecule has 1 fully saturated rings. The van der Waals surface area contributed by atoms with E-state index in [-0.39, 0.29) is 28.4 Å². The Morgan fingerprint density at radius 1 is 1.33 bits per heavy atom. The fourth-order valence-electron chi connectivity index (χ4n) is 4.34. The second-order valence-corrected chi connectivity index (χ2v) is 16.5. The molecule has 0 spiro atoms. The van der Waals surface area contributed by atoms with Gasteiger partial charge in [0.15, 0.2) is 8.32 Å². The van der Waals surface area contributed by atoms with Gasteiger partial charge in [-0.1, -0.05) is 87.1 Å². The van der Waals surface area contributed by atoms with Crippen LogP contribution in [0, 0.1) is 34.5 Å². The van der Waals surface area contributed by atoms with E-state index >= 15 is 0 Å². The van der Waals surface area contributed by atoms with Crippen LogP contribution in [0.15, 0.2) is 34.0 Å². The van der Waals surface area contributed by atoms with Crippen molar-refractivity contribution in [2.75, 3.05) is 0 Å². The predicted molar refractivity (Wildman–Crippen MR) is 142 cm³/mol. The molecule has 0 aromatic heterocycles. The maximum absolute atomic E-state index is 10.4. The molecular weight excluding hydrogens is 497 g/mol. The first-order chi connectivity index (χ1) is 13.7. The molecule has 4 heteroatoms. The van der Waals surface area contributed by atoms with Crippen LogP contribution < -0.4 is 0 Å². The number of halogens is 1. The monoisotopic (exact) mass is 541 g/mol. The molecule has 1 aliphatic rings. The normalized spacial score (nSPS) is 30.0. The van der Waals surface area contributed by atoms with Crippen molar-refractivity contribution in [3.8, 4) is 6.07 Å². The van der Waals surface area contributed by atoms with Crippen molar-refractivity contribution in [2.45, 2.75) is 98.4 Å². The minimum Gasteiger partial charge on any atom is -0.410 e. The summed E-state index contributed by atoms with van der Waals surface area (Å²) in [5.74, 6) is 0.759. The Bertz CT molecular complexity index is 697. The highest BCUT2D eigenvalue weighted by molar-refractivity contribution is 14.1.